The zero-order chi connectivity index (χ0) is 17.5. The molecular formula is C20H26ClNO2. The third kappa shape index (κ3) is 4.35. The van der Waals surface area contributed by atoms with Gasteiger partial charge in [-0.3, -0.25) is 0 Å². The predicted octanol–water partition coefficient (Wildman–Crippen LogP) is 5.87. The van der Waals surface area contributed by atoms with Gasteiger partial charge in [-0.25, -0.2) is 0 Å². The van der Waals surface area contributed by atoms with Gasteiger partial charge in [0.2, 0.25) is 0 Å². The van der Waals surface area contributed by atoms with Crippen LogP contribution in [0.2, 0.25) is 5.02 Å². The molecule has 2 aromatic carbocycles. The lowest BCUT2D eigenvalue weighted by Gasteiger charge is -2.24. The molecule has 4 heteroatoms. The fraction of sp³-hybridized carbons (Fsp3) is 0.400. The van der Waals surface area contributed by atoms with Crippen LogP contribution in [0.5, 0.6) is 11.5 Å². The summed E-state index contributed by atoms with van der Waals surface area (Å²) >= 11 is 5.99. The maximum Gasteiger partial charge on any atom is 0.127 e. The number of rotatable bonds is 8. The number of ether oxygens (including phenoxy) is 2. The summed E-state index contributed by atoms with van der Waals surface area (Å²) in [6.07, 6.45) is 3.00. The molecule has 2 aromatic rings. The van der Waals surface area contributed by atoms with Crippen molar-refractivity contribution in [1.82, 2.24) is 0 Å². The fourth-order valence-corrected chi connectivity index (χ4v) is 3.01. The average Bonchev–Trinajstić information content (AvgIpc) is 2.61. The first-order chi connectivity index (χ1) is 11.6. The summed E-state index contributed by atoms with van der Waals surface area (Å²) in [7, 11) is 3.40. The van der Waals surface area contributed by atoms with Gasteiger partial charge in [0.15, 0.2) is 0 Å². The number of aryl methyl sites for hydroxylation is 1. The van der Waals surface area contributed by atoms with Crippen molar-refractivity contribution in [2.45, 2.75) is 39.2 Å². The maximum absolute atomic E-state index is 5.99. The lowest BCUT2D eigenvalue weighted by molar-refractivity contribution is 0.385. The molecule has 2 rings (SSSR count). The topological polar surface area (TPSA) is 30.5 Å². The highest BCUT2D eigenvalue weighted by Gasteiger charge is 2.18. The van der Waals surface area contributed by atoms with Gasteiger partial charge in [-0.1, -0.05) is 31.9 Å². The van der Waals surface area contributed by atoms with E-state index < -0.39 is 0 Å². The van der Waals surface area contributed by atoms with Gasteiger partial charge in [0.25, 0.3) is 0 Å². The molecule has 1 unspecified atom stereocenters. The summed E-state index contributed by atoms with van der Waals surface area (Å²) in [6, 6.07) is 12.2. The van der Waals surface area contributed by atoms with Crippen LogP contribution in [-0.2, 0) is 6.42 Å². The SMILES string of the molecule is CCCC(Nc1ccc(Cl)cc1)c1cc(CC)c(OC)cc1OC. The highest BCUT2D eigenvalue weighted by molar-refractivity contribution is 6.30. The van der Waals surface area contributed by atoms with Gasteiger partial charge in [0, 0.05) is 22.3 Å². The van der Waals surface area contributed by atoms with Crippen molar-refractivity contribution in [2.24, 2.45) is 0 Å². The van der Waals surface area contributed by atoms with Crippen molar-refractivity contribution in [1.29, 1.82) is 0 Å². The summed E-state index contributed by atoms with van der Waals surface area (Å²) in [5.74, 6) is 1.73. The quantitative estimate of drug-likeness (QED) is 0.647. The Morgan fingerprint density at radius 3 is 2.21 bits per heavy atom. The molecule has 0 bridgehead atoms. The van der Waals surface area contributed by atoms with E-state index in [1.807, 2.05) is 30.3 Å². The molecule has 0 saturated carbocycles. The van der Waals surface area contributed by atoms with Gasteiger partial charge in [0.1, 0.15) is 11.5 Å². The van der Waals surface area contributed by atoms with Gasteiger partial charge in [0.05, 0.1) is 20.3 Å². The first kappa shape index (κ1) is 18.5. The smallest absolute Gasteiger partial charge is 0.127 e. The summed E-state index contributed by atoms with van der Waals surface area (Å²) in [5.41, 5.74) is 3.40. The second-order valence-electron chi connectivity index (χ2n) is 5.75. The average molecular weight is 348 g/mol. The van der Waals surface area contributed by atoms with Crippen molar-refractivity contribution < 1.29 is 9.47 Å². The Bertz CT molecular complexity index is 655. The molecule has 0 aromatic heterocycles. The number of nitrogens with one attached hydrogen (secondary N) is 1. The zero-order valence-electron chi connectivity index (χ0n) is 14.9. The van der Waals surface area contributed by atoms with E-state index in [9.17, 15) is 0 Å². The Morgan fingerprint density at radius 1 is 1.00 bits per heavy atom. The fourth-order valence-electron chi connectivity index (χ4n) is 2.88. The van der Waals surface area contributed by atoms with Gasteiger partial charge in [-0.05, 0) is 48.7 Å². The summed E-state index contributed by atoms with van der Waals surface area (Å²) in [5, 5.41) is 4.35. The second-order valence-corrected chi connectivity index (χ2v) is 6.19. The van der Waals surface area contributed by atoms with Crippen molar-refractivity contribution in [3.63, 3.8) is 0 Å². The minimum atomic E-state index is 0.169. The van der Waals surface area contributed by atoms with Crippen LogP contribution in [0.1, 0.15) is 43.9 Å². The number of methoxy groups -OCH3 is 2. The van der Waals surface area contributed by atoms with E-state index >= 15 is 0 Å². The van der Waals surface area contributed by atoms with Gasteiger partial charge in [-0.15, -0.1) is 0 Å². The maximum atomic E-state index is 5.99. The third-order valence-corrected chi connectivity index (χ3v) is 4.40. The number of hydrogen-bond acceptors (Lipinski definition) is 3. The van der Waals surface area contributed by atoms with Crippen LogP contribution in [0.4, 0.5) is 5.69 Å². The third-order valence-electron chi connectivity index (χ3n) is 4.15. The molecule has 0 aliphatic carbocycles. The molecule has 0 aliphatic heterocycles. The lowest BCUT2D eigenvalue weighted by atomic mass is 9.97. The van der Waals surface area contributed by atoms with Gasteiger partial charge >= 0.3 is 0 Å². The van der Waals surface area contributed by atoms with E-state index in [4.69, 9.17) is 21.1 Å². The number of benzene rings is 2. The minimum absolute atomic E-state index is 0.169. The molecule has 0 amide bonds. The van der Waals surface area contributed by atoms with Crippen LogP contribution in [0.15, 0.2) is 36.4 Å². The van der Waals surface area contributed by atoms with E-state index in [1.165, 1.54) is 5.56 Å². The molecule has 0 saturated heterocycles. The normalized spacial score (nSPS) is 11.9. The zero-order valence-corrected chi connectivity index (χ0v) is 15.6. The van der Waals surface area contributed by atoms with Crippen molar-refractivity contribution >= 4 is 17.3 Å². The molecule has 0 heterocycles. The van der Waals surface area contributed by atoms with Crippen molar-refractivity contribution in [3.8, 4) is 11.5 Å². The molecule has 130 valence electrons. The lowest BCUT2D eigenvalue weighted by Crippen LogP contribution is -2.12. The van der Waals surface area contributed by atoms with E-state index in [2.05, 4.69) is 25.2 Å². The molecule has 1 atom stereocenters. The largest absolute Gasteiger partial charge is 0.496 e. The van der Waals surface area contributed by atoms with Gasteiger partial charge in [-0.2, -0.15) is 0 Å². The van der Waals surface area contributed by atoms with Crippen LogP contribution in [0, 0.1) is 0 Å². The van der Waals surface area contributed by atoms with E-state index in [1.54, 1.807) is 14.2 Å². The number of anilines is 1. The molecular weight excluding hydrogens is 322 g/mol. The summed E-state index contributed by atoms with van der Waals surface area (Å²) in [4.78, 5) is 0. The Labute approximate surface area is 149 Å². The molecule has 1 N–H and O–H groups in total. The van der Waals surface area contributed by atoms with Crippen LogP contribution < -0.4 is 14.8 Å². The van der Waals surface area contributed by atoms with Crippen LogP contribution in [0.3, 0.4) is 0 Å². The molecule has 0 aliphatic rings. The molecule has 3 nitrogen and oxygen atoms in total. The molecule has 0 spiro atoms. The number of halogens is 1. The van der Waals surface area contributed by atoms with Crippen LogP contribution >= 0.6 is 11.6 Å². The van der Waals surface area contributed by atoms with E-state index in [-0.39, 0.29) is 6.04 Å². The molecule has 0 radical (unpaired) electrons. The van der Waals surface area contributed by atoms with Crippen molar-refractivity contribution in [3.05, 3.63) is 52.5 Å². The molecule has 24 heavy (non-hydrogen) atoms. The standard InChI is InChI=1S/C20H26ClNO2/c1-5-7-18(22-16-10-8-15(21)9-11-16)17-12-14(6-2)19(23-3)13-20(17)24-4/h8-13,18,22H,5-7H2,1-4H3. The molecule has 0 fully saturated rings. The summed E-state index contributed by atoms with van der Waals surface area (Å²) < 4.78 is 11.1. The Balaban J connectivity index is 2.40. The highest BCUT2D eigenvalue weighted by atomic mass is 35.5. The van der Waals surface area contributed by atoms with Crippen LogP contribution in [0.25, 0.3) is 0 Å². The Hall–Kier alpha value is -1.87. The van der Waals surface area contributed by atoms with Crippen molar-refractivity contribution in [2.75, 3.05) is 19.5 Å². The minimum Gasteiger partial charge on any atom is -0.496 e. The Morgan fingerprint density at radius 2 is 1.67 bits per heavy atom. The van der Waals surface area contributed by atoms with Crippen LogP contribution in [-0.4, -0.2) is 14.2 Å². The monoisotopic (exact) mass is 347 g/mol. The van der Waals surface area contributed by atoms with E-state index in [0.717, 1.165) is 47.0 Å². The predicted molar refractivity (Wildman–Crippen MR) is 102 cm³/mol. The first-order valence-electron chi connectivity index (χ1n) is 8.39. The highest BCUT2D eigenvalue weighted by Crippen LogP contribution is 2.36. The Kier molecular flexibility index (Phi) is 6.80. The number of hydrogen-bond donors (Lipinski definition) is 1. The van der Waals surface area contributed by atoms with E-state index in [0.29, 0.717) is 0 Å². The summed E-state index contributed by atoms with van der Waals surface area (Å²) in [6.45, 7) is 4.32. The first-order valence-corrected chi connectivity index (χ1v) is 8.77. The van der Waals surface area contributed by atoms with Gasteiger partial charge < -0.3 is 14.8 Å². The second kappa shape index (κ2) is 8.84.